The molecule has 0 aromatic carbocycles. The summed E-state index contributed by atoms with van der Waals surface area (Å²) in [4.78, 5) is 4.32. The quantitative estimate of drug-likeness (QED) is 0.726. The van der Waals surface area contributed by atoms with Gasteiger partial charge in [0.15, 0.2) is 0 Å². The number of aromatic nitrogens is 1. The zero-order valence-corrected chi connectivity index (χ0v) is 9.19. The highest BCUT2D eigenvalue weighted by atomic mass is 14.8. The van der Waals surface area contributed by atoms with Crippen LogP contribution < -0.4 is 11.5 Å². The third-order valence-corrected chi connectivity index (χ3v) is 3.37. The van der Waals surface area contributed by atoms with Crippen LogP contribution in [-0.4, -0.2) is 17.1 Å². The van der Waals surface area contributed by atoms with Crippen LogP contribution in [0.4, 0.5) is 0 Å². The molecule has 0 radical (unpaired) electrons. The fourth-order valence-electron chi connectivity index (χ4n) is 2.34. The molecule has 4 N–H and O–H groups in total. The van der Waals surface area contributed by atoms with Crippen molar-refractivity contribution in [1.29, 1.82) is 0 Å². The minimum Gasteiger partial charge on any atom is -0.326 e. The second-order valence-corrected chi connectivity index (χ2v) is 4.51. The van der Waals surface area contributed by atoms with E-state index in [0.717, 1.165) is 18.5 Å². The van der Waals surface area contributed by atoms with Gasteiger partial charge in [-0.2, -0.15) is 0 Å². The monoisotopic (exact) mass is 205 g/mol. The maximum Gasteiger partial charge on any atom is 0.0372 e. The molecule has 0 spiro atoms. The van der Waals surface area contributed by atoms with Crippen LogP contribution in [0.5, 0.6) is 0 Å². The van der Waals surface area contributed by atoms with Gasteiger partial charge < -0.3 is 11.5 Å². The van der Waals surface area contributed by atoms with Crippen molar-refractivity contribution >= 4 is 0 Å². The lowest BCUT2D eigenvalue weighted by Crippen LogP contribution is -2.48. The first-order chi connectivity index (χ1) is 7.18. The first kappa shape index (κ1) is 10.6. The Morgan fingerprint density at radius 2 is 2.07 bits per heavy atom. The van der Waals surface area contributed by atoms with E-state index < -0.39 is 0 Å². The zero-order chi connectivity index (χ0) is 10.8. The Hall–Kier alpha value is -0.930. The molecule has 1 heterocycles. The van der Waals surface area contributed by atoms with Gasteiger partial charge in [0.25, 0.3) is 0 Å². The summed E-state index contributed by atoms with van der Waals surface area (Å²) in [6, 6.07) is 4.40. The third kappa shape index (κ3) is 2.19. The lowest BCUT2D eigenvalue weighted by molar-refractivity contribution is 0.338. The standard InChI is InChI=1S/C12H19N3/c1-8-5-6-9(7-15-8)10-3-2-4-11(13)12(10)14/h5-7,10-12H,2-4,13-14H2,1H3. The summed E-state index contributed by atoms with van der Waals surface area (Å²) in [6.07, 6.45) is 5.31. The third-order valence-electron chi connectivity index (χ3n) is 3.37. The Kier molecular flexibility index (Phi) is 3.03. The maximum atomic E-state index is 6.14. The fourth-order valence-corrected chi connectivity index (χ4v) is 2.34. The first-order valence-electron chi connectivity index (χ1n) is 5.62. The predicted octanol–water partition coefficient (Wildman–Crippen LogP) is 1.31. The molecule has 1 saturated carbocycles. The Morgan fingerprint density at radius 3 is 2.73 bits per heavy atom. The molecule has 0 amide bonds. The van der Waals surface area contributed by atoms with Crippen molar-refractivity contribution in [2.45, 2.75) is 44.2 Å². The molecule has 1 aromatic heterocycles. The van der Waals surface area contributed by atoms with E-state index in [9.17, 15) is 0 Å². The fraction of sp³-hybridized carbons (Fsp3) is 0.583. The van der Waals surface area contributed by atoms with E-state index >= 15 is 0 Å². The Morgan fingerprint density at radius 1 is 1.27 bits per heavy atom. The molecule has 2 rings (SSSR count). The van der Waals surface area contributed by atoms with Crippen LogP contribution in [0.2, 0.25) is 0 Å². The van der Waals surface area contributed by atoms with E-state index in [1.165, 1.54) is 12.0 Å². The number of aryl methyl sites for hydroxylation is 1. The van der Waals surface area contributed by atoms with Gasteiger partial charge in [0.05, 0.1) is 0 Å². The highest BCUT2D eigenvalue weighted by Gasteiger charge is 2.29. The Labute approximate surface area is 90.9 Å². The molecule has 3 nitrogen and oxygen atoms in total. The average molecular weight is 205 g/mol. The minimum absolute atomic E-state index is 0.0863. The molecule has 3 heteroatoms. The lowest BCUT2D eigenvalue weighted by atomic mass is 9.78. The Balaban J connectivity index is 2.18. The predicted molar refractivity (Wildman–Crippen MR) is 61.5 cm³/mol. The number of pyridine rings is 1. The highest BCUT2D eigenvalue weighted by molar-refractivity contribution is 5.21. The largest absolute Gasteiger partial charge is 0.326 e. The summed E-state index contributed by atoms with van der Waals surface area (Å²) >= 11 is 0. The molecule has 1 fully saturated rings. The summed E-state index contributed by atoms with van der Waals surface area (Å²) < 4.78 is 0. The topological polar surface area (TPSA) is 64.9 Å². The molecule has 0 bridgehead atoms. The van der Waals surface area contributed by atoms with E-state index in [-0.39, 0.29) is 12.1 Å². The van der Waals surface area contributed by atoms with Crippen LogP contribution >= 0.6 is 0 Å². The molecule has 0 aliphatic heterocycles. The average Bonchev–Trinajstić information content (AvgIpc) is 2.24. The van der Waals surface area contributed by atoms with Crippen LogP contribution in [-0.2, 0) is 0 Å². The molecular weight excluding hydrogens is 186 g/mol. The van der Waals surface area contributed by atoms with E-state index in [1.807, 2.05) is 19.2 Å². The first-order valence-corrected chi connectivity index (χ1v) is 5.62. The summed E-state index contributed by atoms with van der Waals surface area (Å²) in [7, 11) is 0. The van der Waals surface area contributed by atoms with Gasteiger partial charge in [-0.1, -0.05) is 12.5 Å². The molecule has 1 aromatic rings. The van der Waals surface area contributed by atoms with Crippen LogP contribution in [0.25, 0.3) is 0 Å². The van der Waals surface area contributed by atoms with E-state index in [0.29, 0.717) is 5.92 Å². The van der Waals surface area contributed by atoms with Crippen LogP contribution in [0.3, 0.4) is 0 Å². The van der Waals surface area contributed by atoms with E-state index in [4.69, 9.17) is 11.5 Å². The maximum absolute atomic E-state index is 6.14. The molecule has 3 atom stereocenters. The zero-order valence-electron chi connectivity index (χ0n) is 9.19. The summed E-state index contributed by atoms with van der Waals surface area (Å²) in [5.41, 5.74) is 14.4. The second kappa shape index (κ2) is 4.29. The number of nitrogens with zero attached hydrogens (tertiary/aromatic N) is 1. The van der Waals surface area contributed by atoms with Gasteiger partial charge in [0.1, 0.15) is 0 Å². The van der Waals surface area contributed by atoms with Crippen LogP contribution in [0, 0.1) is 6.92 Å². The molecule has 1 aliphatic rings. The van der Waals surface area contributed by atoms with Crippen molar-refractivity contribution in [1.82, 2.24) is 4.98 Å². The van der Waals surface area contributed by atoms with Gasteiger partial charge in [-0.15, -0.1) is 0 Å². The van der Waals surface area contributed by atoms with Crippen molar-refractivity contribution < 1.29 is 0 Å². The van der Waals surface area contributed by atoms with E-state index in [1.54, 1.807) is 0 Å². The van der Waals surface area contributed by atoms with Gasteiger partial charge in [-0.05, 0) is 31.4 Å². The van der Waals surface area contributed by atoms with Crippen molar-refractivity contribution in [3.63, 3.8) is 0 Å². The van der Waals surface area contributed by atoms with Crippen LogP contribution in [0.1, 0.15) is 36.4 Å². The van der Waals surface area contributed by atoms with Gasteiger partial charge in [0, 0.05) is 29.9 Å². The lowest BCUT2D eigenvalue weighted by Gasteiger charge is -2.33. The van der Waals surface area contributed by atoms with Gasteiger partial charge in [-0.3, -0.25) is 4.98 Å². The van der Waals surface area contributed by atoms with Crippen molar-refractivity contribution in [2.24, 2.45) is 11.5 Å². The minimum atomic E-state index is 0.0863. The summed E-state index contributed by atoms with van der Waals surface area (Å²) in [5.74, 6) is 0.391. The normalized spacial score (nSPS) is 31.5. The van der Waals surface area contributed by atoms with Gasteiger partial charge in [0.2, 0.25) is 0 Å². The summed E-state index contributed by atoms with van der Waals surface area (Å²) in [5, 5.41) is 0. The Bertz CT molecular complexity index is 320. The van der Waals surface area contributed by atoms with Crippen molar-refractivity contribution in [3.05, 3.63) is 29.6 Å². The molecule has 82 valence electrons. The van der Waals surface area contributed by atoms with Crippen molar-refractivity contribution in [2.75, 3.05) is 0 Å². The summed E-state index contributed by atoms with van der Waals surface area (Å²) in [6.45, 7) is 2.00. The molecule has 3 unspecified atom stereocenters. The molecular formula is C12H19N3. The number of hydrogen-bond acceptors (Lipinski definition) is 3. The second-order valence-electron chi connectivity index (χ2n) is 4.51. The van der Waals surface area contributed by atoms with Crippen molar-refractivity contribution in [3.8, 4) is 0 Å². The highest BCUT2D eigenvalue weighted by Crippen LogP contribution is 2.30. The molecule has 0 saturated heterocycles. The van der Waals surface area contributed by atoms with Gasteiger partial charge >= 0.3 is 0 Å². The van der Waals surface area contributed by atoms with E-state index in [2.05, 4.69) is 11.1 Å². The number of rotatable bonds is 1. The smallest absolute Gasteiger partial charge is 0.0372 e. The van der Waals surface area contributed by atoms with Gasteiger partial charge in [-0.25, -0.2) is 0 Å². The molecule has 1 aliphatic carbocycles. The van der Waals surface area contributed by atoms with Crippen LogP contribution in [0.15, 0.2) is 18.3 Å². The number of nitrogens with two attached hydrogens (primary N) is 2. The number of hydrogen-bond donors (Lipinski definition) is 2. The molecule has 15 heavy (non-hydrogen) atoms. The SMILES string of the molecule is Cc1ccc(C2CCCC(N)C2N)cn1.